The minimum Gasteiger partial charge on any atom is -0.667 e. The Morgan fingerprint density at radius 2 is 1.52 bits per heavy atom. The standard InChI is InChI=1S/C23H19N3.Pt/c1-23(2,21-15-8-16-24-21)22-14-7-13-20(26-22)19-12-6-11-18(25-19)17-9-4-3-5-10-17;/h3-9,11-16H,1-2H3;/q-2;+2. The SMILES string of the molecule is CC(C)(c1cccc(-c2cccc(-c3[c-]cccc3)n2)n1)c1ccc[n-]1.[Pt+2]. The molecule has 0 amide bonds. The molecule has 4 rings (SSSR count). The van der Waals surface area contributed by atoms with Crippen LogP contribution in [0.1, 0.15) is 25.2 Å². The molecule has 0 unspecified atom stereocenters. The number of rotatable bonds is 4. The van der Waals surface area contributed by atoms with Crippen LogP contribution in [0.15, 0.2) is 79.0 Å². The molecule has 0 radical (unpaired) electrons. The van der Waals surface area contributed by atoms with Gasteiger partial charge in [0.2, 0.25) is 0 Å². The molecule has 0 atom stereocenters. The molecule has 3 nitrogen and oxygen atoms in total. The normalized spacial score (nSPS) is 11.0. The third-order valence-electron chi connectivity index (χ3n) is 4.58. The van der Waals surface area contributed by atoms with Gasteiger partial charge < -0.3 is 4.98 Å². The average molecular weight is 533 g/mol. The number of pyridine rings is 2. The van der Waals surface area contributed by atoms with Gasteiger partial charge in [-0.05, 0) is 23.9 Å². The van der Waals surface area contributed by atoms with E-state index in [-0.39, 0.29) is 26.5 Å². The van der Waals surface area contributed by atoms with Crippen LogP contribution >= 0.6 is 0 Å². The van der Waals surface area contributed by atoms with Gasteiger partial charge in [-0.15, -0.1) is 41.6 Å². The topological polar surface area (TPSA) is 39.9 Å². The van der Waals surface area contributed by atoms with Gasteiger partial charge in [0.15, 0.2) is 0 Å². The molecule has 136 valence electrons. The average Bonchev–Trinajstić information content (AvgIpc) is 3.25. The Bertz CT molecular complexity index is 1010. The van der Waals surface area contributed by atoms with E-state index in [1.54, 1.807) is 0 Å². The van der Waals surface area contributed by atoms with Crippen LogP contribution in [-0.4, -0.2) is 9.97 Å². The Morgan fingerprint density at radius 3 is 2.22 bits per heavy atom. The van der Waals surface area contributed by atoms with Crippen LogP contribution < -0.4 is 4.98 Å². The van der Waals surface area contributed by atoms with Crippen molar-refractivity contribution in [2.75, 3.05) is 0 Å². The van der Waals surface area contributed by atoms with E-state index < -0.39 is 0 Å². The molecule has 1 aromatic carbocycles. The van der Waals surface area contributed by atoms with Gasteiger partial charge in [-0.2, -0.15) is 6.20 Å². The number of benzene rings is 1. The molecule has 4 heteroatoms. The van der Waals surface area contributed by atoms with E-state index in [0.717, 1.165) is 34.0 Å². The van der Waals surface area contributed by atoms with Crippen molar-refractivity contribution < 1.29 is 21.1 Å². The summed E-state index contributed by atoms with van der Waals surface area (Å²) in [4.78, 5) is 14.1. The fraction of sp³-hybridized carbons (Fsp3) is 0.130. The summed E-state index contributed by atoms with van der Waals surface area (Å²) < 4.78 is 0. The Balaban J connectivity index is 0.00000210. The first-order chi connectivity index (χ1) is 12.6. The van der Waals surface area contributed by atoms with Crippen LogP contribution in [0.25, 0.3) is 22.6 Å². The van der Waals surface area contributed by atoms with Crippen molar-refractivity contribution in [2.24, 2.45) is 0 Å². The molecule has 0 aliphatic rings. The van der Waals surface area contributed by atoms with Crippen LogP contribution in [0.3, 0.4) is 0 Å². The molecule has 27 heavy (non-hydrogen) atoms. The summed E-state index contributed by atoms with van der Waals surface area (Å²) in [5, 5.41) is 0. The maximum atomic E-state index is 4.89. The fourth-order valence-corrected chi connectivity index (χ4v) is 3.01. The quantitative estimate of drug-likeness (QED) is 0.352. The molecule has 0 aliphatic carbocycles. The summed E-state index contributed by atoms with van der Waals surface area (Å²) in [6.07, 6.45) is 1.82. The van der Waals surface area contributed by atoms with Gasteiger partial charge in [-0.1, -0.05) is 44.2 Å². The number of hydrogen-bond donors (Lipinski definition) is 0. The van der Waals surface area contributed by atoms with E-state index >= 15 is 0 Å². The molecule has 0 bridgehead atoms. The first-order valence-corrected chi connectivity index (χ1v) is 8.65. The Morgan fingerprint density at radius 1 is 0.778 bits per heavy atom. The maximum Gasteiger partial charge on any atom is 2.00 e. The van der Waals surface area contributed by atoms with Crippen molar-refractivity contribution in [2.45, 2.75) is 19.3 Å². The molecule has 0 saturated carbocycles. The second kappa shape index (κ2) is 8.02. The minimum absolute atomic E-state index is 0. The Kier molecular flexibility index (Phi) is 5.72. The van der Waals surface area contributed by atoms with Crippen molar-refractivity contribution in [1.29, 1.82) is 0 Å². The van der Waals surface area contributed by atoms with E-state index in [4.69, 9.17) is 9.97 Å². The van der Waals surface area contributed by atoms with Gasteiger partial charge in [-0.3, -0.25) is 9.97 Å². The Labute approximate surface area is 174 Å². The summed E-state index contributed by atoms with van der Waals surface area (Å²) in [5.74, 6) is 0. The molecule has 0 spiro atoms. The molecule has 4 aromatic rings. The number of nitrogens with zero attached hydrogens (tertiary/aromatic N) is 3. The third-order valence-corrected chi connectivity index (χ3v) is 4.58. The molecule has 0 fully saturated rings. The fourth-order valence-electron chi connectivity index (χ4n) is 3.01. The summed E-state index contributed by atoms with van der Waals surface area (Å²) in [6, 6.07) is 27.2. The number of aromatic nitrogens is 3. The second-order valence-electron chi connectivity index (χ2n) is 6.74. The zero-order valence-electron chi connectivity index (χ0n) is 15.2. The van der Waals surface area contributed by atoms with E-state index in [0.29, 0.717) is 0 Å². The van der Waals surface area contributed by atoms with E-state index in [2.05, 4.69) is 24.9 Å². The van der Waals surface area contributed by atoms with Crippen LogP contribution in [0.5, 0.6) is 0 Å². The van der Waals surface area contributed by atoms with E-state index in [1.165, 1.54) is 0 Å². The van der Waals surface area contributed by atoms with Gasteiger partial charge in [0, 0.05) is 11.1 Å². The molecule has 3 aromatic heterocycles. The van der Waals surface area contributed by atoms with Gasteiger partial charge in [-0.25, -0.2) is 0 Å². The van der Waals surface area contributed by atoms with E-state index in [9.17, 15) is 0 Å². The summed E-state index contributed by atoms with van der Waals surface area (Å²) >= 11 is 0. The van der Waals surface area contributed by atoms with Crippen LogP contribution in [0.4, 0.5) is 0 Å². The zero-order valence-corrected chi connectivity index (χ0v) is 17.4. The monoisotopic (exact) mass is 532 g/mol. The molecule has 0 N–H and O–H groups in total. The molecule has 3 heterocycles. The van der Waals surface area contributed by atoms with Gasteiger partial charge in [0.1, 0.15) is 0 Å². The largest absolute Gasteiger partial charge is 2.00 e. The molecule has 0 aliphatic heterocycles. The van der Waals surface area contributed by atoms with Gasteiger partial charge in [0.05, 0.1) is 11.4 Å². The minimum atomic E-state index is -0.260. The Hall–Kier alpha value is -2.51. The van der Waals surface area contributed by atoms with Crippen molar-refractivity contribution in [3.05, 3.63) is 96.4 Å². The van der Waals surface area contributed by atoms with Gasteiger partial charge >= 0.3 is 21.1 Å². The number of hydrogen-bond acceptors (Lipinski definition) is 2. The van der Waals surface area contributed by atoms with Gasteiger partial charge in [0.25, 0.3) is 0 Å². The molecular formula is C23H19N3Pt. The first kappa shape index (κ1) is 19.3. The van der Waals surface area contributed by atoms with Crippen LogP contribution in [-0.2, 0) is 26.5 Å². The van der Waals surface area contributed by atoms with Crippen molar-refractivity contribution in [3.63, 3.8) is 0 Å². The maximum absolute atomic E-state index is 4.89. The zero-order chi connectivity index (χ0) is 18.0. The second-order valence-corrected chi connectivity index (χ2v) is 6.74. The summed E-state index contributed by atoms with van der Waals surface area (Å²) in [6.45, 7) is 4.29. The van der Waals surface area contributed by atoms with Crippen molar-refractivity contribution in [1.82, 2.24) is 15.0 Å². The third kappa shape index (κ3) is 3.94. The van der Waals surface area contributed by atoms with E-state index in [1.807, 2.05) is 79.0 Å². The predicted molar refractivity (Wildman–Crippen MR) is 104 cm³/mol. The summed E-state index contributed by atoms with van der Waals surface area (Å²) in [7, 11) is 0. The molecular weight excluding hydrogens is 513 g/mol. The van der Waals surface area contributed by atoms with Crippen LogP contribution in [0, 0.1) is 6.07 Å². The summed E-state index contributed by atoms with van der Waals surface area (Å²) in [5.41, 5.74) is 5.33. The van der Waals surface area contributed by atoms with Crippen molar-refractivity contribution >= 4 is 0 Å². The smallest absolute Gasteiger partial charge is 0.667 e. The van der Waals surface area contributed by atoms with Crippen LogP contribution in [0.2, 0.25) is 0 Å². The first-order valence-electron chi connectivity index (χ1n) is 8.65. The molecule has 0 saturated heterocycles. The predicted octanol–water partition coefficient (Wildman–Crippen LogP) is 4.89. The van der Waals surface area contributed by atoms with Crippen molar-refractivity contribution in [3.8, 4) is 22.6 Å².